The summed E-state index contributed by atoms with van der Waals surface area (Å²) >= 11 is 0. The topological polar surface area (TPSA) is 74.8 Å². The molecule has 0 fully saturated rings. The second-order valence-electron chi connectivity index (χ2n) is 5.56. The lowest BCUT2D eigenvalue weighted by Crippen LogP contribution is -2.17. The van der Waals surface area contributed by atoms with Crippen molar-refractivity contribution in [2.45, 2.75) is 33.1 Å². The van der Waals surface area contributed by atoms with Crippen molar-refractivity contribution >= 4 is 17.6 Å². The molecule has 1 amide bonds. The first-order valence-electron chi connectivity index (χ1n) is 8.20. The van der Waals surface area contributed by atoms with Gasteiger partial charge in [-0.05, 0) is 42.2 Å². The normalized spacial score (nSPS) is 11.4. The van der Waals surface area contributed by atoms with Crippen molar-refractivity contribution in [1.82, 2.24) is 15.3 Å². The van der Waals surface area contributed by atoms with Gasteiger partial charge in [0.25, 0.3) is 11.5 Å². The Hall–Kier alpha value is -2.69. The number of aromatic amines is 1. The van der Waals surface area contributed by atoms with Crippen molar-refractivity contribution < 1.29 is 4.79 Å². The largest absolute Gasteiger partial charge is 0.355 e. The predicted molar refractivity (Wildman–Crippen MR) is 96.8 cm³/mol. The van der Waals surface area contributed by atoms with Crippen molar-refractivity contribution in [3.05, 3.63) is 63.3 Å². The number of hydrogen-bond acceptors (Lipinski definition) is 3. The molecule has 24 heavy (non-hydrogen) atoms. The third-order valence-electron chi connectivity index (χ3n) is 3.73. The SMILES string of the molecule is CCCc1cc(=O)[nH]c(/C(=C\c2ccc(C(=O)NC)cc2)CC)n1. The monoisotopic (exact) mass is 325 g/mol. The smallest absolute Gasteiger partial charge is 0.251 e. The van der Waals surface area contributed by atoms with E-state index in [-0.39, 0.29) is 11.5 Å². The second-order valence-corrected chi connectivity index (χ2v) is 5.56. The Labute approximate surface area is 141 Å². The number of H-pyrrole nitrogens is 1. The number of nitrogens with zero attached hydrogens (tertiary/aromatic N) is 1. The molecule has 0 spiro atoms. The van der Waals surface area contributed by atoms with Gasteiger partial charge in [0.2, 0.25) is 0 Å². The molecule has 0 aliphatic rings. The Balaban J connectivity index is 2.35. The number of carbonyl (C=O) groups excluding carboxylic acids is 1. The molecule has 0 bridgehead atoms. The summed E-state index contributed by atoms with van der Waals surface area (Å²) in [7, 11) is 1.61. The minimum Gasteiger partial charge on any atom is -0.355 e. The minimum absolute atomic E-state index is 0.112. The zero-order chi connectivity index (χ0) is 17.5. The van der Waals surface area contributed by atoms with Gasteiger partial charge < -0.3 is 10.3 Å². The summed E-state index contributed by atoms with van der Waals surface area (Å²) in [5.41, 5.74) is 3.22. The van der Waals surface area contributed by atoms with Crippen LogP contribution in [0.4, 0.5) is 0 Å². The predicted octanol–water partition coefficient (Wildman–Crippen LogP) is 3.03. The van der Waals surface area contributed by atoms with Crippen molar-refractivity contribution in [2.24, 2.45) is 0 Å². The molecular formula is C19H23N3O2. The summed E-state index contributed by atoms with van der Waals surface area (Å²) in [6.45, 7) is 4.09. The Morgan fingerprint density at radius 3 is 2.54 bits per heavy atom. The van der Waals surface area contributed by atoms with E-state index < -0.39 is 0 Å². The van der Waals surface area contributed by atoms with Crippen LogP contribution < -0.4 is 10.9 Å². The lowest BCUT2D eigenvalue weighted by atomic mass is 10.1. The number of amides is 1. The van der Waals surface area contributed by atoms with Crippen LogP contribution in [-0.2, 0) is 6.42 Å². The zero-order valence-corrected chi connectivity index (χ0v) is 14.3. The first-order chi connectivity index (χ1) is 11.6. The molecule has 0 unspecified atom stereocenters. The fraction of sp³-hybridized carbons (Fsp3) is 0.316. The Kier molecular flexibility index (Phi) is 6.07. The van der Waals surface area contributed by atoms with Crippen LogP contribution in [0.25, 0.3) is 11.6 Å². The maximum atomic E-state index is 11.8. The summed E-state index contributed by atoms with van der Waals surface area (Å²) in [6.07, 6.45) is 4.47. The molecule has 1 aromatic carbocycles. The average Bonchev–Trinajstić information content (AvgIpc) is 2.59. The van der Waals surface area contributed by atoms with Gasteiger partial charge in [0.15, 0.2) is 0 Å². The molecule has 1 aromatic heterocycles. The fourth-order valence-electron chi connectivity index (χ4n) is 2.46. The highest BCUT2D eigenvalue weighted by Gasteiger charge is 2.07. The number of rotatable bonds is 6. The summed E-state index contributed by atoms with van der Waals surface area (Å²) < 4.78 is 0. The lowest BCUT2D eigenvalue weighted by Gasteiger charge is -2.07. The number of aromatic nitrogens is 2. The van der Waals surface area contributed by atoms with Crippen LogP contribution in [0.2, 0.25) is 0 Å². The average molecular weight is 325 g/mol. The van der Waals surface area contributed by atoms with E-state index in [0.717, 1.165) is 36.1 Å². The summed E-state index contributed by atoms with van der Waals surface area (Å²) in [5, 5.41) is 2.60. The van der Waals surface area contributed by atoms with Crippen LogP contribution in [0.1, 0.15) is 54.1 Å². The van der Waals surface area contributed by atoms with Gasteiger partial charge in [0.1, 0.15) is 5.82 Å². The van der Waals surface area contributed by atoms with Crippen LogP contribution in [0.5, 0.6) is 0 Å². The van der Waals surface area contributed by atoms with Crippen molar-refractivity contribution in [1.29, 1.82) is 0 Å². The molecule has 0 aliphatic carbocycles. The van der Waals surface area contributed by atoms with Crippen molar-refractivity contribution in [2.75, 3.05) is 7.05 Å². The van der Waals surface area contributed by atoms with E-state index >= 15 is 0 Å². The molecule has 0 radical (unpaired) electrons. The van der Waals surface area contributed by atoms with E-state index in [9.17, 15) is 9.59 Å². The molecule has 0 saturated carbocycles. The van der Waals surface area contributed by atoms with Crippen molar-refractivity contribution in [3.8, 4) is 0 Å². The van der Waals surface area contributed by atoms with Gasteiger partial charge in [0, 0.05) is 24.4 Å². The number of benzene rings is 1. The molecule has 2 aromatic rings. The van der Waals surface area contributed by atoms with Crippen LogP contribution in [0, 0.1) is 0 Å². The zero-order valence-electron chi connectivity index (χ0n) is 14.3. The molecule has 126 valence electrons. The molecule has 0 saturated heterocycles. The molecule has 1 heterocycles. The second kappa shape index (κ2) is 8.24. The highest BCUT2D eigenvalue weighted by molar-refractivity contribution is 5.94. The number of aryl methyl sites for hydroxylation is 1. The third-order valence-corrected chi connectivity index (χ3v) is 3.73. The van der Waals surface area contributed by atoms with Crippen LogP contribution in [0.3, 0.4) is 0 Å². The fourth-order valence-corrected chi connectivity index (χ4v) is 2.46. The Morgan fingerprint density at radius 2 is 1.96 bits per heavy atom. The quantitative estimate of drug-likeness (QED) is 0.857. The number of nitrogens with one attached hydrogen (secondary N) is 2. The van der Waals surface area contributed by atoms with Crippen LogP contribution in [-0.4, -0.2) is 22.9 Å². The standard InChI is InChI=1S/C19H23N3O2/c1-4-6-16-12-17(23)22-18(21-16)14(5-2)11-13-7-9-15(10-8-13)19(24)20-3/h7-12H,4-6H2,1-3H3,(H,20,24)(H,21,22,23)/b14-11-. The highest BCUT2D eigenvalue weighted by Crippen LogP contribution is 2.18. The number of hydrogen-bond donors (Lipinski definition) is 2. The summed E-state index contributed by atoms with van der Waals surface area (Å²) in [5.74, 6) is 0.503. The minimum atomic E-state index is -0.127. The lowest BCUT2D eigenvalue weighted by molar-refractivity contribution is 0.0963. The summed E-state index contributed by atoms with van der Waals surface area (Å²) in [4.78, 5) is 30.8. The van der Waals surface area contributed by atoms with Gasteiger partial charge in [-0.15, -0.1) is 0 Å². The van der Waals surface area contributed by atoms with Gasteiger partial charge in [-0.1, -0.05) is 32.4 Å². The van der Waals surface area contributed by atoms with E-state index in [1.807, 2.05) is 25.1 Å². The van der Waals surface area contributed by atoms with E-state index in [1.165, 1.54) is 0 Å². The maximum Gasteiger partial charge on any atom is 0.251 e. The van der Waals surface area contributed by atoms with Gasteiger partial charge in [-0.25, -0.2) is 4.98 Å². The third kappa shape index (κ3) is 4.41. The first-order valence-corrected chi connectivity index (χ1v) is 8.20. The molecule has 2 rings (SSSR count). The molecule has 0 aliphatic heterocycles. The Bertz CT molecular complexity index is 789. The molecule has 0 atom stereocenters. The van der Waals surface area contributed by atoms with Gasteiger partial charge >= 0.3 is 0 Å². The summed E-state index contributed by atoms with van der Waals surface area (Å²) in [6, 6.07) is 8.88. The Morgan fingerprint density at radius 1 is 1.25 bits per heavy atom. The molecule has 2 N–H and O–H groups in total. The van der Waals surface area contributed by atoms with E-state index in [0.29, 0.717) is 11.4 Å². The van der Waals surface area contributed by atoms with Gasteiger partial charge in [-0.3, -0.25) is 9.59 Å². The molecule has 5 nitrogen and oxygen atoms in total. The highest BCUT2D eigenvalue weighted by atomic mass is 16.1. The van der Waals surface area contributed by atoms with E-state index in [2.05, 4.69) is 22.2 Å². The van der Waals surface area contributed by atoms with Crippen LogP contribution >= 0.6 is 0 Å². The number of allylic oxidation sites excluding steroid dienone is 1. The number of carbonyl (C=O) groups is 1. The first kappa shape index (κ1) is 17.7. The van der Waals surface area contributed by atoms with Crippen LogP contribution in [0.15, 0.2) is 35.1 Å². The molecule has 5 heteroatoms. The van der Waals surface area contributed by atoms with E-state index in [4.69, 9.17) is 0 Å². The van der Waals surface area contributed by atoms with Gasteiger partial charge in [0.05, 0.1) is 0 Å². The molecular weight excluding hydrogens is 302 g/mol. The van der Waals surface area contributed by atoms with E-state index in [1.54, 1.807) is 25.2 Å². The van der Waals surface area contributed by atoms with Crippen molar-refractivity contribution in [3.63, 3.8) is 0 Å². The van der Waals surface area contributed by atoms with Gasteiger partial charge in [-0.2, -0.15) is 0 Å². The maximum absolute atomic E-state index is 11.8.